The third-order valence-electron chi connectivity index (χ3n) is 2.87. The molecule has 1 aromatic heterocycles. The number of aliphatic hydroxyl groups excluding tert-OH is 2. The molecule has 1 aliphatic heterocycles. The fourth-order valence-corrected chi connectivity index (χ4v) is 1.90. The highest BCUT2D eigenvalue weighted by Crippen LogP contribution is 2.29. The minimum absolute atomic E-state index is 0.693. The van der Waals surface area contributed by atoms with Crippen LogP contribution in [0.3, 0.4) is 0 Å². The van der Waals surface area contributed by atoms with Gasteiger partial charge in [-0.2, -0.15) is 0 Å². The van der Waals surface area contributed by atoms with Gasteiger partial charge in [0, 0.05) is 12.3 Å². The zero-order chi connectivity index (χ0) is 15.8. The molecule has 1 fully saturated rings. The van der Waals surface area contributed by atoms with E-state index in [-0.39, 0.29) is 0 Å². The average molecular weight is 312 g/mol. The molecule has 118 valence electrons. The van der Waals surface area contributed by atoms with Crippen molar-refractivity contribution in [3.8, 4) is 0 Å². The van der Waals surface area contributed by atoms with Crippen molar-refractivity contribution in [3.63, 3.8) is 0 Å². The van der Waals surface area contributed by atoms with Crippen LogP contribution in [0.2, 0.25) is 0 Å². The Labute approximate surface area is 114 Å². The third kappa shape index (κ3) is 3.50. The summed E-state index contributed by atoms with van der Waals surface area (Å²) in [5.41, 5.74) is -1.63. The Morgan fingerprint density at radius 1 is 1.33 bits per heavy atom. The van der Waals surface area contributed by atoms with Crippen molar-refractivity contribution in [1.29, 1.82) is 0 Å². The van der Waals surface area contributed by atoms with E-state index < -0.39 is 48.8 Å². The van der Waals surface area contributed by atoms with Crippen LogP contribution < -0.4 is 11.2 Å². The highest BCUT2D eigenvalue weighted by atomic mass is 19.4. The highest BCUT2D eigenvalue weighted by molar-refractivity contribution is 4.93. The fraction of sp³-hybridized carbons (Fsp3) is 0.600. The van der Waals surface area contributed by atoms with Gasteiger partial charge in [0.2, 0.25) is 0 Å². The van der Waals surface area contributed by atoms with Gasteiger partial charge in [0.25, 0.3) is 5.56 Å². The van der Waals surface area contributed by atoms with E-state index in [0.717, 1.165) is 16.8 Å². The number of rotatable bonds is 3. The van der Waals surface area contributed by atoms with Gasteiger partial charge in [-0.15, -0.1) is 13.2 Å². The van der Waals surface area contributed by atoms with Gasteiger partial charge in [-0.05, 0) is 0 Å². The predicted molar refractivity (Wildman–Crippen MR) is 59.3 cm³/mol. The maximum Gasteiger partial charge on any atom is 0.522 e. The molecule has 0 amide bonds. The Morgan fingerprint density at radius 2 is 2.00 bits per heavy atom. The van der Waals surface area contributed by atoms with Crippen LogP contribution in [0.15, 0.2) is 21.9 Å². The van der Waals surface area contributed by atoms with Gasteiger partial charge < -0.3 is 14.9 Å². The number of aromatic nitrogens is 2. The van der Waals surface area contributed by atoms with Crippen LogP contribution in [-0.2, 0) is 9.47 Å². The van der Waals surface area contributed by atoms with Gasteiger partial charge in [-0.25, -0.2) is 4.79 Å². The number of nitrogens with one attached hydrogen (secondary N) is 1. The Kier molecular flexibility index (Phi) is 4.18. The van der Waals surface area contributed by atoms with Gasteiger partial charge in [-0.1, -0.05) is 0 Å². The number of ether oxygens (including phenoxy) is 2. The van der Waals surface area contributed by atoms with Gasteiger partial charge >= 0.3 is 12.1 Å². The summed E-state index contributed by atoms with van der Waals surface area (Å²) in [6, 6.07) is 0.962. The topological polar surface area (TPSA) is 114 Å². The second kappa shape index (κ2) is 5.60. The SMILES string of the molecule is O=c1ccn([C@@H]2O[C@H](COC(F)(F)F)[C@@H](O)[C@H]2O)c(=O)[nH]1. The van der Waals surface area contributed by atoms with Crippen molar-refractivity contribution in [2.75, 3.05) is 6.61 Å². The highest BCUT2D eigenvalue weighted by Gasteiger charge is 2.45. The first-order valence-electron chi connectivity index (χ1n) is 5.73. The number of H-pyrrole nitrogens is 1. The molecule has 4 atom stereocenters. The second-order valence-corrected chi connectivity index (χ2v) is 4.32. The van der Waals surface area contributed by atoms with E-state index in [1.807, 2.05) is 4.98 Å². The molecule has 11 heteroatoms. The van der Waals surface area contributed by atoms with Gasteiger partial charge in [0.05, 0.1) is 6.61 Å². The standard InChI is InChI=1S/C10H11F3N2O6/c11-10(12,13)20-3-4-6(17)7(18)8(21-4)15-2-1-5(16)14-9(15)19/h1-2,4,6-8,17-18H,3H2,(H,14,16,19)/t4-,6-,7-,8-/m1/s1. The van der Waals surface area contributed by atoms with Gasteiger partial charge in [0.15, 0.2) is 6.23 Å². The Morgan fingerprint density at radius 3 is 2.57 bits per heavy atom. The fourth-order valence-electron chi connectivity index (χ4n) is 1.90. The summed E-state index contributed by atoms with van der Waals surface area (Å²) >= 11 is 0. The monoisotopic (exact) mass is 312 g/mol. The number of alkyl halides is 3. The third-order valence-corrected chi connectivity index (χ3v) is 2.87. The van der Waals surface area contributed by atoms with Gasteiger partial charge in [0.1, 0.15) is 18.3 Å². The molecule has 0 bridgehead atoms. The van der Waals surface area contributed by atoms with Crippen LogP contribution in [-0.4, -0.2) is 51.0 Å². The molecule has 0 saturated carbocycles. The lowest BCUT2D eigenvalue weighted by Gasteiger charge is -2.16. The maximum absolute atomic E-state index is 11.9. The molecule has 2 heterocycles. The average Bonchev–Trinajstić information content (AvgIpc) is 2.64. The minimum Gasteiger partial charge on any atom is -0.387 e. The molecule has 1 saturated heterocycles. The number of hydrogen-bond acceptors (Lipinski definition) is 6. The Bertz CT molecular complexity index is 612. The lowest BCUT2D eigenvalue weighted by atomic mass is 10.1. The summed E-state index contributed by atoms with van der Waals surface area (Å²) in [5.74, 6) is 0. The largest absolute Gasteiger partial charge is 0.522 e. The van der Waals surface area contributed by atoms with E-state index in [4.69, 9.17) is 4.74 Å². The summed E-state index contributed by atoms with van der Waals surface area (Å²) in [7, 11) is 0. The van der Waals surface area contributed by atoms with Gasteiger partial charge in [-0.3, -0.25) is 19.1 Å². The normalized spacial score (nSPS) is 29.8. The van der Waals surface area contributed by atoms with E-state index in [0.29, 0.717) is 0 Å². The zero-order valence-corrected chi connectivity index (χ0v) is 10.3. The van der Waals surface area contributed by atoms with E-state index in [2.05, 4.69) is 4.74 Å². The van der Waals surface area contributed by atoms with Crippen LogP contribution in [0.4, 0.5) is 13.2 Å². The van der Waals surface area contributed by atoms with E-state index in [1.54, 1.807) is 0 Å². The molecule has 0 unspecified atom stereocenters. The summed E-state index contributed by atoms with van der Waals surface area (Å²) in [6.07, 6.45) is -10.2. The van der Waals surface area contributed by atoms with Crippen molar-refractivity contribution in [2.24, 2.45) is 0 Å². The Hall–Kier alpha value is -1.69. The molecule has 0 aliphatic carbocycles. The number of aromatic amines is 1. The molecular formula is C10H11F3N2O6. The maximum atomic E-state index is 11.9. The molecule has 1 aromatic rings. The molecular weight excluding hydrogens is 301 g/mol. The zero-order valence-electron chi connectivity index (χ0n) is 10.3. The summed E-state index contributed by atoms with van der Waals surface area (Å²) < 4.78 is 45.1. The second-order valence-electron chi connectivity index (χ2n) is 4.32. The smallest absolute Gasteiger partial charge is 0.387 e. The predicted octanol–water partition coefficient (Wildman–Crippen LogP) is -1.31. The summed E-state index contributed by atoms with van der Waals surface area (Å²) in [4.78, 5) is 24.3. The molecule has 0 radical (unpaired) electrons. The van der Waals surface area contributed by atoms with Crippen LogP contribution >= 0.6 is 0 Å². The Balaban J connectivity index is 2.16. The summed E-state index contributed by atoms with van der Waals surface area (Å²) in [6.45, 7) is -1.05. The van der Waals surface area contributed by atoms with Crippen molar-refractivity contribution < 1.29 is 32.9 Å². The first-order chi connectivity index (χ1) is 9.69. The van der Waals surface area contributed by atoms with Crippen LogP contribution in [0.25, 0.3) is 0 Å². The molecule has 8 nitrogen and oxygen atoms in total. The van der Waals surface area contributed by atoms with E-state index in [1.165, 1.54) is 0 Å². The first kappa shape index (κ1) is 15.7. The number of halogens is 3. The lowest BCUT2D eigenvalue weighted by Crippen LogP contribution is -2.38. The lowest BCUT2D eigenvalue weighted by molar-refractivity contribution is -0.333. The molecule has 1 aliphatic rings. The summed E-state index contributed by atoms with van der Waals surface area (Å²) in [5, 5.41) is 19.4. The quantitative estimate of drug-likeness (QED) is 0.639. The van der Waals surface area contributed by atoms with Crippen molar-refractivity contribution in [1.82, 2.24) is 9.55 Å². The molecule has 0 spiro atoms. The molecule has 2 rings (SSSR count). The van der Waals surface area contributed by atoms with E-state index >= 15 is 0 Å². The molecule has 0 aromatic carbocycles. The molecule has 21 heavy (non-hydrogen) atoms. The number of hydrogen-bond donors (Lipinski definition) is 3. The molecule has 3 N–H and O–H groups in total. The van der Waals surface area contributed by atoms with E-state index in [9.17, 15) is 33.0 Å². The number of nitrogens with zero attached hydrogens (tertiary/aromatic N) is 1. The van der Waals surface area contributed by atoms with Crippen LogP contribution in [0.5, 0.6) is 0 Å². The van der Waals surface area contributed by atoms with Crippen LogP contribution in [0.1, 0.15) is 6.23 Å². The minimum atomic E-state index is -4.92. The van der Waals surface area contributed by atoms with Crippen molar-refractivity contribution in [3.05, 3.63) is 33.1 Å². The van der Waals surface area contributed by atoms with Crippen molar-refractivity contribution >= 4 is 0 Å². The van der Waals surface area contributed by atoms with Crippen molar-refractivity contribution in [2.45, 2.75) is 30.9 Å². The first-order valence-corrected chi connectivity index (χ1v) is 5.73. The van der Waals surface area contributed by atoms with Crippen LogP contribution in [0, 0.1) is 0 Å². The number of aliphatic hydroxyl groups is 2.